The highest BCUT2D eigenvalue weighted by Gasteiger charge is 2.47. The van der Waals surface area contributed by atoms with Crippen LogP contribution in [0.4, 0.5) is 10.1 Å². The average Bonchev–Trinajstić information content (AvgIpc) is 3.35. The Bertz CT molecular complexity index is 775. The van der Waals surface area contributed by atoms with Crippen LogP contribution in [0.15, 0.2) is 48.5 Å². The van der Waals surface area contributed by atoms with E-state index in [9.17, 15) is 14.0 Å². The van der Waals surface area contributed by atoms with Crippen LogP contribution in [0.2, 0.25) is 0 Å². The Hall–Kier alpha value is -2.69. The van der Waals surface area contributed by atoms with Crippen LogP contribution in [0.5, 0.6) is 0 Å². The van der Waals surface area contributed by atoms with E-state index in [0.29, 0.717) is 18.7 Å². The lowest BCUT2D eigenvalue weighted by Gasteiger charge is -2.08. The summed E-state index contributed by atoms with van der Waals surface area (Å²) in [6.45, 7) is 2.45. The van der Waals surface area contributed by atoms with Gasteiger partial charge in [-0.15, -0.1) is 0 Å². The van der Waals surface area contributed by atoms with Crippen LogP contribution in [-0.4, -0.2) is 11.8 Å². The van der Waals surface area contributed by atoms with E-state index in [1.165, 1.54) is 18.2 Å². The molecule has 1 aliphatic carbocycles. The number of rotatable bonds is 5. The van der Waals surface area contributed by atoms with E-state index in [1.54, 1.807) is 6.07 Å². The number of hydrogen-bond donors (Lipinski definition) is 2. The Kier molecular flexibility index (Phi) is 4.60. The standard InChI is InChI=1S/C19H19FN2O2/c1-12-5-2-3-6-13(12)11-21-18(23)16-10-17(16)19(24)22-15-8-4-7-14(20)9-15/h2-9,16-17H,10-11H2,1H3,(H,21,23)(H,22,24). The van der Waals surface area contributed by atoms with Crippen molar-refractivity contribution in [2.45, 2.75) is 19.9 Å². The van der Waals surface area contributed by atoms with Crippen molar-refractivity contribution in [1.82, 2.24) is 5.32 Å². The number of hydrogen-bond acceptors (Lipinski definition) is 2. The third-order valence-corrected chi connectivity index (χ3v) is 4.27. The van der Waals surface area contributed by atoms with E-state index < -0.39 is 5.82 Å². The summed E-state index contributed by atoms with van der Waals surface area (Å²) in [7, 11) is 0. The molecule has 2 amide bonds. The predicted molar refractivity (Wildman–Crippen MR) is 89.7 cm³/mol. The van der Waals surface area contributed by atoms with Crippen molar-refractivity contribution in [2.75, 3.05) is 5.32 Å². The monoisotopic (exact) mass is 326 g/mol. The van der Waals surface area contributed by atoms with Crippen LogP contribution in [0.3, 0.4) is 0 Å². The maximum atomic E-state index is 13.1. The topological polar surface area (TPSA) is 58.2 Å². The Balaban J connectivity index is 1.50. The van der Waals surface area contributed by atoms with E-state index in [-0.39, 0.29) is 23.7 Å². The van der Waals surface area contributed by atoms with Crippen LogP contribution in [0, 0.1) is 24.6 Å². The molecule has 0 radical (unpaired) electrons. The molecule has 0 heterocycles. The fourth-order valence-corrected chi connectivity index (χ4v) is 2.70. The van der Waals surface area contributed by atoms with Gasteiger partial charge in [0.05, 0.1) is 11.8 Å². The van der Waals surface area contributed by atoms with Gasteiger partial charge in [0, 0.05) is 12.2 Å². The van der Waals surface area contributed by atoms with Gasteiger partial charge in [-0.25, -0.2) is 4.39 Å². The lowest BCUT2D eigenvalue weighted by Crippen LogP contribution is -2.27. The van der Waals surface area contributed by atoms with Crippen molar-refractivity contribution in [3.05, 3.63) is 65.5 Å². The Morgan fingerprint density at radius 3 is 2.58 bits per heavy atom. The number of carbonyl (C=O) groups is 2. The average molecular weight is 326 g/mol. The summed E-state index contributed by atoms with van der Waals surface area (Å²) in [5.74, 6) is -1.40. The summed E-state index contributed by atoms with van der Waals surface area (Å²) in [4.78, 5) is 24.3. The largest absolute Gasteiger partial charge is 0.352 e. The molecule has 0 aromatic heterocycles. The van der Waals surface area contributed by atoms with Gasteiger partial charge in [-0.2, -0.15) is 0 Å². The summed E-state index contributed by atoms with van der Waals surface area (Å²) in [5.41, 5.74) is 2.59. The van der Waals surface area contributed by atoms with Gasteiger partial charge in [0.1, 0.15) is 5.82 Å². The van der Waals surface area contributed by atoms with Crippen LogP contribution in [0.25, 0.3) is 0 Å². The van der Waals surface area contributed by atoms with Crippen molar-refractivity contribution < 1.29 is 14.0 Å². The number of aryl methyl sites for hydroxylation is 1. The molecule has 5 heteroatoms. The number of benzene rings is 2. The summed E-state index contributed by atoms with van der Waals surface area (Å²) in [6, 6.07) is 13.6. The third-order valence-electron chi connectivity index (χ3n) is 4.27. The maximum absolute atomic E-state index is 13.1. The molecule has 2 aromatic carbocycles. The van der Waals surface area contributed by atoms with Crippen molar-refractivity contribution in [1.29, 1.82) is 0 Å². The zero-order valence-corrected chi connectivity index (χ0v) is 13.4. The first-order valence-corrected chi connectivity index (χ1v) is 7.93. The van der Waals surface area contributed by atoms with Gasteiger partial charge in [0.25, 0.3) is 0 Å². The zero-order valence-electron chi connectivity index (χ0n) is 13.4. The normalized spacial score (nSPS) is 18.8. The summed E-state index contributed by atoms with van der Waals surface area (Å²) >= 11 is 0. The van der Waals surface area contributed by atoms with E-state index in [0.717, 1.165) is 11.1 Å². The van der Waals surface area contributed by atoms with Crippen molar-refractivity contribution in [3.63, 3.8) is 0 Å². The third kappa shape index (κ3) is 3.79. The molecule has 3 rings (SSSR count). The second kappa shape index (κ2) is 6.83. The fraction of sp³-hybridized carbons (Fsp3) is 0.263. The van der Waals surface area contributed by atoms with Crippen molar-refractivity contribution >= 4 is 17.5 Å². The number of amides is 2. The molecule has 2 atom stereocenters. The molecule has 2 aromatic rings. The smallest absolute Gasteiger partial charge is 0.228 e. The Morgan fingerprint density at radius 2 is 1.83 bits per heavy atom. The van der Waals surface area contributed by atoms with Gasteiger partial charge < -0.3 is 10.6 Å². The molecule has 0 spiro atoms. The van der Waals surface area contributed by atoms with Gasteiger partial charge in [-0.3, -0.25) is 9.59 Å². The number of carbonyl (C=O) groups excluding carboxylic acids is 2. The highest BCUT2D eigenvalue weighted by molar-refractivity contribution is 5.99. The SMILES string of the molecule is Cc1ccccc1CNC(=O)C1CC1C(=O)Nc1cccc(F)c1. The Morgan fingerprint density at radius 1 is 1.08 bits per heavy atom. The molecule has 1 fully saturated rings. The zero-order chi connectivity index (χ0) is 17.1. The number of halogens is 1. The van der Waals surface area contributed by atoms with Crippen molar-refractivity contribution in [2.24, 2.45) is 11.8 Å². The van der Waals surface area contributed by atoms with Gasteiger partial charge >= 0.3 is 0 Å². The first-order valence-electron chi connectivity index (χ1n) is 7.93. The lowest BCUT2D eigenvalue weighted by molar-refractivity contribution is -0.125. The predicted octanol–water partition coefficient (Wildman–Crippen LogP) is 3.03. The molecule has 2 N–H and O–H groups in total. The van der Waals surface area contributed by atoms with E-state index >= 15 is 0 Å². The highest BCUT2D eigenvalue weighted by atomic mass is 19.1. The van der Waals surface area contributed by atoms with Crippen LogP contribution < -0.4 is 10.6 Å². The minimum atomic E-state index is -0.406. The van der Waals surface area contributed by atoms with Gasteiger partial charge in [0.15, 0.2) is 0 Å². The minimum absolute atomic E-state index is 0.113. The molecular formula is C19H19FN2O2. The molecule has 1 aliphatic rings. The Labute approximate surface area is 140 Å². The molecule has 0 bridgehead atoms. The van der Waals surface area contributed by atoms with E-state index in [4.69, 9.17) is 0 Å². The van der Waals surface area contributed by atoms with Crippen LogP contribution in [-0.2, 0) is 16.1 Å². The first kappa shape index (κ1) is 16.2. The number of anilines is 1. The van der Waals surface area contributed by atoms with Crippen LogP contribution >= 0.6 is 0 Å². The quantitative estimate of drug-likeness (QED) is 0.887. The second-order valence-corrected chi connectivity index (χ2v) is 6.09. The second-order valence-electron chi connectivity index (χ2n) is 6.09. The molecule has 24 heavy (non-hydrogen) atoms. The summed E-state index contributed by atoms with van der Waals surface area (Å²) < 4.78 is 13.1. The fourth-order valence-electron chi connectivity index (χ4n) is 2.70. The van der Waals surface area contributed by atoms with Crippen LogP contribution in [0.1, 0.15) is 17.5 Å². The van der Waals surface area contributed by atoms with Gasteiger partial charge in [-0.1, -0.05) is 30.3 Å². The molecule has 0 saturated heterocycles. The highest BCUT2D eigenvalue weighted by Crippen LogP contribution is 2.39. The molecule has 4 nitrogen and oxygen atoms in total. The first-order chi connectivity index (χ1) is 11.5. The molecule has 1 saturated carbocycles. The lowest BCUT2D eigenvalue weighted by atomic mass is 10.1. The maximum Gasteiger partial charge on any atom is 0.228 e. The number of nitrogens with one attached hydrogen (secondary N) is 2. The molecule has 2 unspecified atom stereocenters. The van der Waals surface area contributed by atoms with Crippen molar-refractivity contribution in [3.8, 4) is 0 Å². The summed E-state index contributed by atoms with van der Waals surface area (Å²) in [5, 5.41) is 5.53. The van der Waals surface area contributed by atoms with Gasteiger partial charge in [0.2, 0.25) is 11.8 Å². The van der Waals surface area contributed by atoms with Gasteiger partial charge in [-0.05, 0) is 42.7 Å². The summed E-state index contributed by atoms with van der Waals surface area (Å²) in [6.07, 6.45) is 0.529. The van der Waals surface area contributed by atoms with E-state index in [2.05, 4.69) is 10.6 Å². The molecule has 0 aliphatic heterocycles. The van der Waals surface area contributed by atoms with E-state index in [1.807, 2.05) is 31.2 Å². The molecule has 124 valence electrons. The minimum Gasteiger partial charge on any atom is -0.352 e. The molecular weight excluding hydrogens is 307 g/mol.